The van der Waals surface area contributed by atoms with E-state index in [1.165, 1.54) is 29.4 Å². The Morgan fingerprint density at radius 2 is 2.15 bits per heavy atom. The summed E-state index contributed by atoms with van der Waals surface area (Å²) >= 11 is 2.51. The standard InChI is InChI=1S/C13H12F2N2OS2/c1-3-11-16-13(20-17-11)19-7(2)12(18)8-4-5-9(14)10(15)6-8/h4-7H,3H2,1-2H3. The fourth-order valence-corrected chi connectivity index (χ4v) is 3.44. The smallest absolute Gasteiger partial charge is 0.176 e. The van der Waals surface area contributed by atoms with Crippen LogP contribution in [0.2, 0.25) is 0 Å². The van der Waals surface area contributed by atoms with Crippen molar-refractivity contribution in [3.8, 4) is 0 Å². The number of aromatic nitrogens is 2. The van der Waals surface area contributed by atoms with Crippen LogP contribution in [-0.2, 0) is 6.42 Å². The molecule has 0 saturated heterocycles. The van der Waals surface area contributed by atoms with Crippen LogP contribution in [0.4, 0.5) is 8.78 Å². The summed E-state index contributed by atoms with van der Waals surface area (Å²) in [6.07, 6.45) is 0.739. The lowest BCUT2D eigenvalue weighted by molar-refractivity contribution is 0.0993. The molecule has 0 spiro atoms. The summed E-state index contributed by atoms with van der Waals surface area (Å²) in [6.45, 7) is 3.66. The molecule has 0 aliphatic carbocycles. The SMILES string of the molecule is CCc1nsc(SC(C)C(=O)c2ccc(F)c(F)c2)n1. The molecule has 1 aromatic heterocycles. The molecule has 106 valence electrons. The molecule has 3 nitrogen and oxygen atoms in total. The number of nitrogens with zero attached hydrogens (tertiary/aromatic N) is 2. The Balaban J connectivity index is 2.09. The van der Waals surface area contributed by atoms with E-state index in [-0.39, 0.29) is 11.3 Å². The molecule has 1 heterocycles. The van der Waals surface area contributed by atoms with Crippen molar-refractivity contribution in [1.82, 2.24) is 9.36 Å². The molecule has 0 N–H and O–H groups in total. The van der Waals surface area contributed by atoms with Crippen molar-refractivity contribution in [2.75, 3.05) is 0 Å². The van der Waals surface area contributed by atoms with Crippen molar-refractivity contribution in [1.29, 1.82) is 0 Å². The van der Waals surface area contributed by atoms with Crippen LogP contribution in [0.15, 0.2) is 22.5 Å². The van der Waals surface area contributed by atoms with Crippen LogP contribution in [0.5, 0.6) is 0 Å². The predicted molar refractivity (Wildman–Crippen MR) is 75.3 cm³/mol. The van der Waals surface area contributed by atoms with Crippen molar-refractivity contribution < 1.29 is 13.6 Å². The monoisotopic (exact) mass is 314 g/mol. The first-order valence-corrected chi connectivity index (χ1v) is 7.65. The molecule has 0 aliphatic heterocycles. The highest BCUT2D eigenvalue weighted by Crippen LogP contribution is 2.27. The Morgan fingerprint density at radius 3 is 2.75 bits per heavy atom. The number of benzene rings is 1. The normalized spacial score (nSPS) is 12.4. The predicted octanol–water partition coefficient (Wildman–Crippen LogP) is 3.74. The fourth-order valence-electron chi connectivity index (χ4n) is 1.52. The van der Waals surface area contributed by atoms with E-state index in [2.05, 4.69) is 9.36 Å². The minimum absolute atomic E-state index is 0.157. The van der Waals surface area contributed by atoms with Gasteiger partial charge in [-0.25, -0.2) is 13.8 Å². The third-order valence-electron chi connectivity index (χ3n) is 2.62. The first-order valence-electron chi connectivity index (χ1n) is 5.99. The Labute approximate surface area is 123 Å². The first kappa shape index (κ1) is 15.1. The maximum atomic E-state index is 13.1. The van der Waals surface area contributed by atoms with Crippen LogP contribution in [0.3, 0.4) is 0 Å². The Bertz CT molecular complexity index is 631. The van der Waals surface area contributed by atoms with Crippen LogP contribution in [0.1, 0.15) is 30.0 Å². The second-order valence-corrected chi connectivity index (χ2v) is 6.42. The minimum atomic E-state index is -1.02. The molecular formula is C13H12F2N2OS2. The number of thioether (sulfide) groups is 1. The van der Waals surface area contributed by atoms with Gasteiger partial charge in [0.2, 0.25) is 0 Å². The highest BCUT2D eigenvalue weighted by molar-refractivity contribution is 8.02. The van der Waals surface area contributed by atoms with Crippen molar-refractivity contribution in [3.63, 3.8) is 0 Å². The zero-order valence-corrected chi connectivity index (χ0v) is 12.5. The quantitative estimate of drug-likeness (QED) is 0.623. The third-order valence-corrected chi connectivity index (χ3v) is 4.54. The van der Waals surface area contributed by atoms with Crippen molar-refractivity contribution in [2.45, 2.75) is 29.9 Å². The van der Waals surface area contributed by atoms with Gasteiger partial charge in [0.05, 0.1) is 5.25 Å². The van der Waals surface area contributed by atoms with E-state index in [1.54, 1.807) is 6.92 Å². The van der Waals surface area contributed by atoms with Gasteiger partial charge in [-0.3, -0.25) is 4.79 Å². The van der Waals surface area contributed by atoms with E-state index >= 15 is 0 Å². The lowest BCUT2D eigenvalue weighted by Crippen LogP contribution is -2.13. The minimum Gasteiger partial charge on any atom is -0.293 e. The highest BCUT2D eigenvalue weighted by atomic mass is 32.2. The number of Topliss-reactive ketones (excluding diaryl/α,β-unsaturated/α-hetero) is 1. The van der Waals surface area contributed by atoms with Crippen LogP contribution in [0, 0.1) is 11.6 Å². The van der Waals surface area contributed by atoms with E-state index in [9.17, 15) is 13.6 Å². The molecule has 1 aromatic carbocycles. The summed E-state index contributed by atoms with van der Waals surface area (Å²) in [7, 11) is 0. The number of carbonyl (C=O) groups excluding carboxylic acids is 1. The van der Waals surface area contributed by atoms with Gasteiger partial charge in [0.25, 0.3) is 0 Å². The zero-order valence-electron chi connectivity index (χ0n) is 10.9. The number of carbonyl (C=O) groups is 1. The second kappa shape index (κ2) is 6.41. The lowest BCUT2D eigenvalue weighted by Gasteiger charge is -2.08. The molecule has 0 radical (unpaired) electrons. The summed E-state index contributed by atoms with van der Waals surface area (Å²) in [5, 5.41) is -0.433. The molecule has 2 rings (SSSR count). The molecule has 2 aromatic rings. The fraction of sp³-hybridized carbons (Fsp3) is 0.308. The Kier molecular flexibility index (Phi) is 4.82. The summed E-state index contributed by atoms with van der Waals surface area (Å²) in [5.74, 6) is -1.50. The van der Waals surface area contributed by atoms with Crippen LogP contribution in [0.25, 0.3) is 0 Å². The van der Waals surface area contributed by atoms with Crippen LogP contribution in [-0.4, -0.2) is 20.4 Å². The van der Waals surface area contributed by atoms with E-state index in [0.717, 1.165) is 24.4 Å². The van der Waals surface area contributed by atoms with E-state index < -0.39 is 16.9 Å². The number of hydrogen-bond acceptors (Lipinski definition) is 5. The van der Waals surface area contributed by atoms with Gasteiger partial charge in [0.15, 0.2) is 21.8 Å². The molecule has 0 aliphatic rings. The number of ketones is 1. The van der Waals surface area contributed by atoms with Gasteiger partial charge in [0, 0.05) is 12.0 Å². The van der Waals surface area contributed by atoms with Gasteiger partial charge in [-0.15, -0.1) is 0 Å². The largest absolute Gasteiger partial charge is 0.293 e. The second-order valence-electron chi connectivity index (χ2n) is 4.08. The molecule has 20 heavy (non-hydrogen) atoms. The number of aryl methyl sites for hydroxylation is 1. The molecule has 7 heteroatoms. The van der Waals surface area contributed by atoms with E-state index in [4.69, 9.17) is 0 Å². The van der Waals surface area contributed by atoms with Gasteiger partial charge < -0.3 is 0 Å². The summed E-state index contributed by atoms with van der Waals surface area (Å²) in [6, 6.07) is 3.17. The van der Waals surface area contributed by atoms with Crippen molar-refractivity contribution >= 4 is 29.1 Å². The molecule has 0 amide bonds. The zero-order chi connectivity index (χ0) is 14.7. The van der Waals surface area contributed by atoms with Gasteiger partial charge in [-0.05, 0) is 36.7 Å². The third kappa shape index (κ3) is 3.40. The van der Waals surface area contributed by atoms with E-state index in [0.29, 0.717) is 4.34 Å². The average molecular weight is 314 g/mol. The van der Waals surface area contributed by atoms with E-state index in [1.807, 2.05) is 6.92 Å². The summed E-state index contributed by atoms with van der Waals surface area (Å²) < 4.78 is 30.8. The maximum Gasteiger partial charge on any atom is 0.176 e. The van der Waals surface area contributed by atoms with Gasteiger partial charge in [-0.1, -0.05) is 18.7 Å². The molecule has 1 unspecified atom stereocenters. The summed E-state index contributed by atoms with van der Waals surface area (Å²) in [5.41, 5.74) is 0.157. The molecule has 0 saturated carbocycles. The molecule has 1 atom stereocenters. The lowest BCUT2D eigenvalue weighted by atomic mass is 10.1. The van der Waals surface area contributed by atoms with Gasteiger partial charge in [-0.2, -0.15) is 4.37 Å². The first-order chi connectivity index (χ1) is 9.51. The number of hydrogen-bond donors (Lipinski definition) is 0. The maximum absolute atomic E-state index is 13.1. The topological polar surface area (TPSA) is 42.9 Å². The highest BCUT2D eigenvalue weighted by Gasteiger charge is 2.19. The van der Waals surface area contributed by atoms with Crippen molar-refractivity contribution in [3.05, 3.63) is 41.2 Å². The van der Waals surface area contributed by atoms with Crippen molar-refractivity contribution in [2.24, 2.45) is 0 Å². The molecule has 0 fully saturated rings. The Morgan fingerprint density at radius 1 is 1.40 bits per heavy atom. The molecule has 0 bridgehead atoms. The summed E-state index contributed by atoms with van der Waals surface area (Å²) in [4.78, 5) is 16.4. The molecular weight excluding hydrogens is 302 g/mol. The Hall–Kier alpha value is -1.34. The van der Waals surface area contributed by atoms with Gasteiger partial charge >= 0.3 is 0 Å². The number of halogens is 2. The van der Waals surface area contributed by atoms with Crippen LogP contribution < -0.4 is 0 Å². The number of rotatable bonds is 5. The average Bonchev–Trinajstić information content (AvgIpc) is 2.88. The van der Waals surface area contributed by atoms with Crippen LogP contribution >= 0.6 is 23.3 Å². The van der Waals surface area contributed by atoms with Gasteiger partial charge in [0.1, 0.15) is 5.82 Å².